The summed E-state index contributed by atoms with van der Waals surface area (Å²) in [5.41, 5.74) is 0.122. The van der Waals surface area contributed by atoms with E-state index in [9.17, 15) is 0 Å². The third kappa shape index (κ3) is 2.42. The summed E-state index contributed by atoms with van der Waals surface area (Å²) >= 11 is 0. The van der Waals surface area contributed by atoms with Gasteiger partial charge < -0.3 is 15.7 Å². The highest BCUT2D eigenvalue weighted by Gasteiger charge is 2.41. The van der Waals surface area contributed by atoms with Crippen LogP contribution in [0.3, 0.4) is 0 Å². The second-order valence-corrected chi connectivity index (χ2v) is 4.53. The number of aliphatic hydroxyl groups is 1. The smallest absolute Gasteiger partial charge is 0.0613 e. The van der Waals surface area contributed by atoms with Crippen LogP contribution in [0.1, 0.15) is 25.7 Å². The number of piperidine rings is 1. The molecular weight excluding hydrogens is 164 g/mol. The number of aliphatic hydroxyl groups excluding tert-OH is 1. The van der Waals surface area contributed by atoms with Crippen LogP contribution in [0.2, 0.25) is 0 Å². The van der Waals surface area contributed by atoms with Gasteiger partial charge in [0.2, 0.25) is 0 Å². The van der Waals surface area contributed by atoms with Crippen LogP contribution < -0.4 is 10.6 Å². The minimum atomic E-state index is 0.122. The van der Waals surface area contributed by atoms with Crippen LogP contribution in [0.15, 0.2) is 0 Å². The fourth-order valence-corrected chi connectivity index (χ4v) is 2.00. The van der Waals surface area contributed by atoms with Crippen molar-refractivity contribution in [1.29, 1.82) is 0 Å². The van der Waals surface area contributed by atoms with Gasteiger partial charge in [0.05, 0.1) is 6.61 Å². The van der Waals surface area contributed by atoms with Crippen molar-refractivity contribution in [3.8, 4) is 0 Å². The lowest BCUT2D eigenvalue weighted by Crippen LogP contribution is -2.42. The standard InChI is InChI=1S/C10H20N2O/c13-8-10(3-4-10)12-7-9-2-1-5-11-6-9/h9,11-13H,1-8H2. The Morgan fingerprint density at radius 1 is 1.46 bits per heavy atom. The Kier molecular flexibility index (Phi) is 2.86. The summed E-state index contributed by atoms with van der Waals surface area (Å²) in [6.45, 7) is 3.72. The van der Waals surface area contributed by atoms with Gasteiger partial charge in [-0.05, 0) is 51.2 Å². The first kappa shape index (κ1) is 9.44. The molecule has 1 saturated heterocycles. The molecule has 76 valence electrons. The topological polar surface area (TPSA) is 44.3 Å². The van der Waals surface area contributed by atoms with E-state index < -0.39 is 0 Å². The number of hydrogen-bond donors (Lipinski definition) is 3. The fraction of sp³-hybridized carbons (Fsp3) is 1.00. The first-order valence-electron chi connectivity index (χ1n) is 5.41. The molecule has 3 nitrogen and oxygen atoms in total. The zero-order valence-electron chi connectivity index (χ0n) is 8.18. The van der Waals surface area contributed by atoms with Crippen molar-refractivity contribution >= 4 is 0 Å². The first-order valence-corrected chi connectivity index (χ1v) is 5.41. The Bertz CT molecular complexity index is 162. The predicted molar refractivity (Wildman–Crippen MR) is 52.6 cm³/mol. The van der Waals surface area contributed by atoms with Gasteiger partial charge in [0.15, 0.2) is 0 Å². The molecule has 3 heteroatoms. The molecule has 0 amide bonds. The molecule has 2 rings (SSSR count). The lowest BCUT2D eigenvalue weighted by Gasteiger charge is -2.25. The third-order valence-corrected chi connectivity index (χ3v) is 3.32. The number of nitrogens with one attached hydrogen (secondary N) is 2. The van der Waals surface area contributed by atoms with Crippen LogP contribution in [-0.2, 0) is 0 Å². The maximum absolute atomic E-state index is 9.11. The van der Waals surface area contributed by atoms with Crippen molar-refractivity contribution < 1.29 is 5.11 Å². The van der Waals surface area contributed by atoms with Crippen molar-refractivity contribution in [2.45, 2.75) is 31.2 Å². The first-order chi connectivity index (χ1) is 6.35. The minimum absolute atomic E-state index is 0.122. The predicted octanol–water partition coefficient (Wildman–Crippen LogP) is 0.100. The molecule has 1 aliphatic carbocycles. The van der Waals surface area contributed by atoms with Crippen LogP contribution in [-0.4, -0.2) is 36.9 Å². The summed E-state index contributed by atoms with van der Waals surface area (Å²) in [5, 5.41) is 16.0. The molecule has 1 saturated carbocycles. The van der Waals surface area contributed by atoms with Crippen molar-refractivity contribution in [1.82, 2.24) is 10.6 Å². The molecule has 3 N–H and O–H groups in total. The molecule has 13 heavy (non-hydrogen) atoms. The summed E-state index contributed by atoms with van der Waals surface area (Å²) < 4.78 is 0. The van der Waals surface area contributed by atoms with Crippen LogP contribution in [0.5, 0.6) is 0 Å². The molecule has 2 aliphatic rings. The summed E-state index contributed by atoms with van der Waals surface area (Å²) in [7, 11) is 0. The van der Waals surface area contributed by atoms with E-state index in [1.165, 1.54) is 19.4 Å². The highest BCUT2D eigenvalue weighted by Crippen LogP contribution is 2.34. The summed E-state index contributed by atoms with van der Waals surface area (Å²) in [4.78, 5) is 0. The molecular formula is C10H20N2O. The normalized spacial score (nSPS) is 31.6. The monoisotopic (exact) mass is 184 g/mol. The van der Waals surface area contributed by atoms with Crippen LogP contribution >= 0.6 is 0 Å². The number of hydrogen-bond acceptors (Lipinski definition) is 3. The average molecular weight is 184 g/mol. The van der Waals surface area contributed by atoms with E-state index in [4.69, 9.17) is 5.11 Å². The molecule has 0 aromatic heterocycles. The molecule has 0 aromatic carbocycles. The van der Waals surface area contributed by atoms with Crippen LogP contribution in [0.25, 0.3) is 0 Å². The van der Waals surface area contributed by atoms with Crippen molar-refractivity contribution in [2.75, 3.05) is 26.2 Å². The molecule has 1 unspecified atom stereocenters. The Hall–Kier alpha value is -0.120. The molecule has 1 aliphatic heterocycles. The van der Waals surface area contributed by atoms with Gasteiger partial charge in [-0.2, -0.15) is 0 Å². The van der Waals surface area contributed by atoms with E-state index in [0.717, 1.165) is 31.8 Å². The van der Waals surface area contributed by atoms with E-state index in [2.05, 4.69) is 10.6 Å². The van der Waals surface area contributed by atoms with Crippen molar-refractivity contribution in [2.24, 2.45) is 5.92 Å². The van der Waals surface area contributed by atoms with Gasteiger partial charge in [0.1, 0.15) is 0 Å². The fourth-order valence-electron chi connectivity index (χ4n) is 2.00. The minimum Gasteiger partial charge on any atom is -0.394 e. The van der Waals surface area contributed by atoms with E-state index in [1.54, 1.807) is 0 Å². The molecule has 0 bridgehead atoms. The van der Waals surface area contributed by atoms with Crippen molar-refractivity contribution in [3.63, 3.8) is 0 Å². The van der Waals surface area contributed by atoms with E-state index >= 15 is 0 Å². The highest BCUT2D eigenvalue weighted by molar-refractivity contribution is 5.01. The Balaban J connectivity index is 1.66. The van der Waals surface area contributed by atoms with Crippen LogP contribution in [0, 0.1) is 5.92 Å². The molecule has 1 heterocycles. The van der Waals surface area contributed by atoms with Gasteiger partial charge in [-0.1, -0.05) is 0 Å². The molecule has 1 atom stereocenters. The van der Waals surface area contributed by atoms with Crippen molar-refractivity contribution in [3.05, 3.63) is 0 Å². The SMILES string of the molecule is OCC1(NCC2CCCNC2)CC1. The third-order valence-electron chi connectivity index (χ3n) is 3.32. The molecule has 0 aromatic rings. The lowest BCUT2D eigenvalue weighted by molar-refractivity contribution is 0.220. The average Bonchev–Trinajstić information content (AvgIpc) is 2.97. The summed E-state index contributed by atoms with van der Waals surface area (Å²) in [6.07, 6.45) is 4.95. The van der Waals surface area contributed by atoms with Crippen LogP contribution in [0.4, 0.5) is 0 Å². The second-order valence-electron chi connectivity index (χ2n) is 4.53. The largest absolute Gasteiger partial charge is 0.394 e. The Morgan fingerprint density at radius 3 is 2.85 bits per heavy atom. The maximum Gasteiger partial charge on any atom is 0.0613 e. The van der Waals surface area contributed by atoms with Gasteiger partial charge in [-0.25, -0.2) is 0 Å². The van der Waals surface area contributed by atoms with E-state index in [0.29, 0.717) is 6.61 Å². The van der Waals surface area contributed by atoms with E-state index in [-0.39, 0.29) is 5.54 Å². The lowest BCUT2D eigenvalue weighted by atomic mass is 9.99. The quantitative estimate of drug-likeness (QED) is 0.580. The van der Waals surface area contributed by atoms with Gasteiger partial charge in [0, 0.05) is 5.54 Å². The number of rotatable bonds is 4. The maximum atomic E-state index is 9.11. The molecule has 0 spiro atoms. The second kappa shape index (κ2) is 3.95. The van der Waals surface area contributed by atoms with Gasteiger partial charge >= 0.3 is 0 Å². The summed E-state index contributed by atoms with van der Waals surface area (Å²) in [5.74, 6) is 0.776. The van der Waals surface area contributed by atoms with Gasteiger partial charge in [-0.3, -0.25) is 0 Å². The zero-order valence-corrected chi connectivity index (χ0v) is 8.18. The highest BCUT2D eigenvalue weighted by atomic mass is 16.3. The van der Waals surface area contributed by atoms with E-state index in [1.807, 2.05) is 0 Å². The van der Waals surface area contributed by atoms with Gasteiger partial charge in [0.25, 0.3) is 0 Å². The molecule has 0 radical (unpaired) electrons. The Labute approximate surface area is 79.9 Å². The zero-order chi connectivity index (χ0) is 9.15. The molecule has 2 fully saturated rings. The summed E-state index contributed by atoms with van der Waals surface area (Å²) in [6, 6.07) is 0. The van der Waals surface area contributed by atoms with Gasteiger partial charge in [-0.15, -0.1) is 0 Å². The Morgan fingerprint density at radius 2 is 2.31 bits per heavy atom.